The van der Waals surface area contributed by atoms with Crippen LogP contribution >= 0.6 is 0 Å². The van der Waals surface area contributed by atoms with Gasteiger partial charge in [-0.2, -0.15) is 14.4 Å². The zero-order valence-electron chi connectivity index (χ0n) is 14.0. The summed E-state index contributed by atoms with van der Waals surface area (Å²) in [6, 6.07) is 6.96. The first-order chi connectivity index (χ1) is 12.7. The van der Waals surface area contributed by atoms with Crippen LogP contribution in [-0.2, 0) is 16.0 Å². The lowest BCUT2D eigenvalue weighted by Gasteiger charge is -2.27. The van der Waals surface area contributed by atoms with Gasteiger partial charge in [-0.25, -0.2) is 9.78 Å². The molecule has 1 atom stereocenters. The average molecular weight is 357 g/mol. The number of fused-ring (bicyclic) bond motifs is 1. The molecule has 2 aromatic heterocycles. The fourth-order valence-electron chi connectivity index (χ4n) is 2.78. The van der Waals surface area contributed by atoms with Crippen LogP contribution in [0.5, 0.6) is 0 Å². The Hall–Kier alpha value is -3.07. The number of hydrogen-bond acceptors (Lipinski definition) is 7. The molecule has 26 heavy (non-hydrogen) atoms. The molecule has 1 aliphatic rings. The number of ether oxygens (including phenoxy) is 2. The van der Waals surface area contributed by atoms with Crippen molar-refractivity contribution in [3.63, 3.8) is 0 Å². The second-order valence-corrected chi connectivity index (χ2v) is 5.82. The maximum Gasteiger partial charge on any atom is 0.337 e. The molecule has 4 rings (SSSR count). The molecule has 3 heterocycles. The van der Waals surface area contributed by atoms with Crippen LogP contribution in [0.4, 0.5) is 10.2 Å². The largest absolute Gasteiger partial charge is 0.465 e. The van der Waals surface area contributed by atoms with E-state index >= 15 is 0 Å². The van der Waals surface area contributed by atoms with E-state index < -0.39 is 12.0 Å². The highest BCUT2D eigenvalue weighted by molar-refractivity contribution is 5.89. The van der Waals surface area contributed by atoms with E-state index in [1.165, 1.54) is 7.11 Å². The van der Waals surface area contributed by atoms with Crippen LogP contribution in [0.15, 0.2) is 30.6 Å². The summed E-state index contributed by atoms with van der Waals surface area (Å²) in [6.07, 6.45) is 1.40. The van der Waals surface area contributed by atoms with E-state index in [2.05, 4.69) is 20.3 Å². The van der Waals surface area contributed by atoms with E-state index in [0.29, 0.717) is 29.9 Å². The van der Waals surface area contributed by atoms with E-state index in [9.17, 15) is 9.18 Å². The summed E-state index contributed by atoms with van der Waals surface area (Å²) in [7, 11) is 1.33. The number of carbonyl (C=O) groups is 1. The highest BCUT2D eigenvalue weighted by Crippen LogP contribution is 2.28. The Morgan fingerprint density at radius 2 is 2.31 bits per heavy atom. The summed E-state index contributed by atoms with van der Waals surface area (Å²) in [5, 5.41) is 3.06. The summed E-state index contributed by atoms with van der Waals surface area (Å²) in [5.41, 5.74) is 2.11. The number of nitrogens with zero attached hydrogens (tertiary/aromatic N) is 4. The van der Waals surface area contributed by atoms with Crippen LogP contribution in [0, 0.1) is 6.08 Å². The molecule has 9 heteroatoms. The molecular formula is C17H16FN5O3. The van der Waals surface area contributed by atoms with Gasteiger partial charge in [0.25, 0.3) is 0 Å². The summed E-state index contributed by atoms with van der Waals surface area (Å²) in [6.45, 7) is 1.00. The lowest BCUT2D eigenvalue weighted by atomic mass is 10.1. The van der Waals surface area contributed by atoms with Gasteiger partial charge in [-0.1, -0.05) is 12.1 Å². The molecular weight excluding hydrogens is 341 g/mol. The number of rotatable bonds is 5. The highest BCUT2D eigenvalue weighted by atomic mass is 19.1. The monoisotopic (exact) mass is 357 g/mol. The van der Waals surface area contributed by atoms with Crippen molar-refractivity contribution >= 4 is 23.0 Å². The zero-order chi connectivity index (χ0) is 18.1. The molecule has 1 fully saturated rings. The predicted octanol–water partition coefficient (Wildman–Crippen LogP) is 2.28. The Labute approximate surface area is 148 Å². The van der Waals surface area contributed by atoms with Crippen LogP contribution in [0.25, 0.3) is 11.2 Å². The first kappa shape index (κ1) is 16.4. The van der Waals surface area contributed by atoms with Crippen molar-refractivity contribution in [2.75, 3.05) is 19.0 Å². The van der Waals surface area contributed by atoms with Crippen LogP contribution in [0.3, 0.4) is 0 Å². The number of benzene rings is 1. The molecule has 0 saturated carbocycles. The predicted molar refractivity (Wildman–Crippen MR) is 90.0 cm³/mol. The molecule has 0 bridgehead atoms. The third-order valence-electron chi connectivity index (χ3n) is 4.19. The molecule has 0 aliphatic carbocycles. The summed E-state index contributed by atoms with van der Waals surface area (Å²) < 4.78 is 25.7. The fraction of sp³-hybridized carbons (Fsp3) is 0.294. The van der Waals surface area contributed by atoms with Gasteiger partial charge >= 0.3 is 12.0 Å². The minimum atomic E-state index is -0.843. The van der Waals surface area contributed by atoms with Crippen LogP contribution < -0.4 is 5.32 Å². The van der Waals surface area contributed by atoms with Crippen LogP contribution in [-0.4, -0.2) is 39.2 Å². The molecule has 1 N–H and O–H groups in total. The van der Waals surface area contributed by atoms with Gasteiger partial charge in [0.2, 0.25) is 0 Å². The van der Waals surface area contributed by atoms with Crippen molar-refractivity contribution in [2.24, 2.45) is 0 Å². The maximum absolute atomic E-state index is 13.9. The number of esters is 1. The van der Waals surface area contributed by atoms with Gasteiger partial charge < -0.3 is 14.8 Å². The Morgan fingerprint density at radius 3 is 3.04 bits per heavy atom. The maximum atomic E-state index is 13.9. The van der Waals surface area contributed by atoms with Gasteiger partial charge in [-0.05, 0) is 17.7 Å². The van der Waals surface area contributed by atoms with Crippen LogP contribution in [0.1, 0.15) is 28.6 Å². The van der Waals surface area contributed by atoms with Crippen molar-refractivity contribution in [1.82, 2.24) is 19.5 Å². The van der Waals surface area contributed by atoms with Gasteiger partial charge in [0.15, 0.2) is 17.0 Å². The SMILES string of the molecule is COC(=O)c1cccc(CNc2nc(F)nc3c2ncn3C2CCO2)c1. The molecule has 134 valence electrons. The molecule has 3 aromatic rings. The number of carbonyl (C=O) groups excluding carboxylic acids is 1. The third-order valence-corrected chi connectivity index (χ3v) is 4.19. The minimum Gasteiger partial charge on any atom is -0.465 e. The summed E-state index contributed by atoms with van der Waals surface area (Å²) in [4.78, 5) is 23.6. The first-order valence-electron chi connectivity index (χ1n) is 8.08. The molecule has 0 radical (unpaired) electrons. The lowest BCUT2D eigenvalue weighted by Crippen LogP contribution is -2.24. The number of anilines is 1. The van der Waals surface area contributed by atoms with Crippen molar-refractivity contribution in [3.8, 4) is 0 Å². The molecule has 8 nitrogen and oxygen atoms in total. The van der Waals surface area contributed by atoms with Crippen molar-refractivity contribution in [1.29, 1.82) is 0 Å². The van der Waals surface area contributed by atoms with E-state index in [1.807, 2.05) is 6.07 Å². The molecule has 1 aromatic carbocycles. The second-order valence-electron chi connectivity index (χ2n) is 5.82. The summed E-state index contributed by atoms with van der Waals surface area (Å²) in [5.74, 6) is -0.129. The average Bonchev–Trinajstić information content (AvgIpc) is 3.01. The molecule has 1 unspecified atom stereocenters. The number of aromatic nitrogens is 4. The van der Waals surface area contributed by atoms with E-state index in [4.69, 9.17) is 9.47 Å². The molecule has 1 aliphatic heterocycles. The fourth-order valence-corrected chi connectivity index (χ4v) is 2.78. The van der Waals surface area contributed by atoms with Gasteiger partial charge in [0, 0.05) is 13.0 Å². The second kappa shape index (κ2) is 6.68. The van der Waals surface area contributed by atoms with E-state index in [1.54, 1.807) is 29.1 Å². The Bertz CT molecular complexity index is 970. The number of imidazole rings is 1. The highest BCUT2D eigenvalue weighted by Gasteiger charge is 2.24. The number of halogens is 1. The van der Waals surface area contributed by atoms with E-state index in [-0.39, 0.29) is 12.0 Å². The van der Waals surface area contributed by atoms with E-state index in [0.717, 1.165) is 12.0 Å². The van der Waals surface area contributed by atoms with Crippen molar-refractivity contribution in [3.05, 3.63) is 47.8 Å². The van der Waals surface area contributed by atoms with Crippen molar-refractivity contribution in [2.45, 2.75) is 19.2 Å². The van der Waals surface area contributed by atoms with Crippen molar-refractivity contribution < 1.29 is 18.7 Å². The van der Waals surface area contributed by atoms with Gasteiger partial charge in [0.1, 0.15) is 6.23 Å². The Balaban J connectivity index is 1.59. The number of nitrogens with one attached hydrogen (secondary N) is 1. The Morgan fingerprint density at radius 1 is 1.46 bits per heavy atom. The lowest BCUT2D eigenvalue weighted by molar-refractivity contribution is -0.0974. The third kappa shape index (κ3) is 2.97. The molecule has 1 saturated heterocycles. The van der Waals surface area contributed by atoms with Gasteiger partial charge in [0.05, 0.1) is 25.6 Å². The first-order valence-corrected chi connectivity index (χ1v) is 8.08. The van der Waals surface area contributed by atoms with Gasteiger partial charge in [-0.3, -0.25) is 4.57 Å². The topological polar surface area (TPSA) is 91.2 Å². The van der Waals surface area contributed by atoms with Gasteiger partial charge in [-0.15, -0.1) is 0 Å². The van der Waals surface area contributed by atoms with Crippen LogP contribution in [0.2, 0.25) is 0 Å². The Kier molecular flexibility index (Phi) is 4.21. The smallest absolute Gasteiger partial charge is 0.337 e. The molecule has 0 amide bonds. The number of methoxy groups -OCH3 is 1. The summed E-state index contributed by atoms with van der Waals surface area (Å²) >= 11 is 0. The normalized spacial score (nSPS) is 16.3. The minimum absolute atomic E-state index is 0.168. The quantitative estimate of drug-likeness (QED) is 0.553. The standard InChI is InChI=1S/C17H16FN5O3/c1-25-16(24)11-4-2-3-10(7-11)8-19-14-13-15(22-17(18)21-14)23(9-20-13)12-5-6-26-12/h2-4,7,9,12H,5-6,8H2,1H3,(H,19,21,22). The zero-order valence-corrected chi connectivity index (χ0v) is 14.0. The molecule has 0 spiro atoms. The number of hydrogen-bond donors (Lipinski definition) is 1.